The highest BCUT2D eigenvalue weighted by Crippen LogP contribution is 2.19. The molecule has 1 atom stereocenters. The van der Waals surface area contributed by atoms with Crippen molar-refractivity contribution in [3.63, 3.8) is 0 Å². The molecule has 0 saturated heterocycles. The first kappa shape index (κ1) is 15.8. The first-order valence-corrected chi connectivity index (χ1v) is 7.18. The molecular weight excluding hydrogens is 313 g/mol. The largest absolute Gasteiger partial charge is 0.388 e. The minimum absolute atomic E-state index is 0.182. The lowest BCUT2D eigenvalue weighted by Gasteiger charge is -2.12. The Morgan fingerprint density at radius 2 is 2.08 bits per heavy atom. The molecule has 0 radical (unpaired) electrons. The normalized spacial score (nSPS) is 11.9. The Hall–Kier alpha value is -3.13. The number of anilines is 1. The van der Waals surface area contributed by atoms with Crippen molar-refractivity contribution in [1.82, 2.24) is 20.2 Å². The van der Waals surface area contributed by atoms with E-state index in [2.05, 4.69) is 20.8 Å². The fourth-order valence-corrected chi connectivity index (χ4v) is 2.23. The van der Waals surface area contributed by atoms with Gasteiger partial charge in [0.2, 0.25) is 5.91 Å². The van der Waals surface area contributed by atoms with Crippen LogP contribution in [0.5, 0.6) is 0 Å². The van der Waals surface area contributed by atoms with Gasteiger partial charge in [0.25, 0.3) is 0 Å². The quantitative estimate of drug-likeness (QED) is 0.746. The molecule has 0 aliphatic heterocycles. The number of benzene rings is 2. The van der Waals surface area contributed by atoms with Gasteiger partial charge in [-0.25, -0.2) is 9.07 Å². The molecule has 0 fully saturated rings. The Labute approximate surface area is 136 Å². The highest BCUT2D eigenvalue weighted by molar-refractivity contribution is 5.91. The maximum Gasteiger partial charge on any atom is 0.227 e. The minimum atomic E-state index is -1.08. The summed E-state index contributed by atoms with van der Waals surface area (Å²) in [4.78, 5) is 12.1. The molecule has 1 aromatic heterocycles. The van der Waals surface area contributed by atoms with Gasteiger partial charge >= 0.3 is 0 Å². The van der Waals surface area contributed by atoms with E-state index in [0.717, 1.165) is 0 Å². The predicted octanol–water partition coefficient (Wildman–Crippen LogP) is 1.86. The molecule has 0 aliphatic rings. The van der Waals surface area contributed by atoms with E-state index >= 15 is 0 Å². The molecule has 3 rings (SSSR count). The summed E-state index contributed by atoms with van der Waals surface area (Å²) in [5, 5.41) is 23.6. The van der Waals surface area contributed by atoms with Crippen LogP contribution in [0, 0.1) is 5.82 Å². The average molecular weight is 327 g/mol. The van der Waals surface area contributed by atoms with Crippen LogP contribution >= 0.6 is 0 Å². The van der Waals surface area contributed by atoms with Gasteiger partial charge in [-0.3, -0.25) is 4.79 Å². The zero-order valence-electron chi connectivity index (χ0n) is 12.5. The number of nitrogens with one attached hydrogen (secondary N) is 1. The van der Waals surface area contributed by atoms with E-state index in [-0.39, 0.29) is 12.3 Å². The van der Waals surface area contributed by atoms with Crippen LogP contribution in [0.2, 0.25) is 0 Å². The topological polar surface area (TPSA) is 92.9 Å². The number of carbonyl (C=O) groups excluding carboxylic acids is 1. The fourth-order valence-electron chi connectivity index (χ4n) is 2.23. The molecule has 0 saturated carbocycles. The van der Waals surface area contributed by atoms with Gasteiger partial charge in [0.05, 0.1) is 18.2 Å². The number of aliphatic hydroxyl groups is 1. The van der Waals surface area contributed by atoms with E-state index in [0.29, 0.717) is 16.9 Å². The molecule has 1 amide bonds. The summed E-state index contributed by atoms with van der Waals surface area (Å²) in [6.45, 7) is 0. The minimum Gasteiger partial charge on any atom is -0.388 e. The number of hydrogen-bond acceptors (Lipinski definition) is 5. The lowest BCUT2D eigenvalue weighted by atomic mass is 10.1. The molecule has 0 aliphatic carbocycles. The Kier molecular flexibility index (Phi) is 4.57. The molecule has 0 spiro atoms. The Balaban J connectivity index is 1.66. The number of tetrazole rings is 1. The lowest BCUT2D eigenvalue weighted by Crippen LogP contribution is -2.15. The predicted molar refractivity (Wildman–Crippen MR) is 83.8 cm³/mol. The SMILES string of the molecule is O=C(CC(O)c1cccc(F)c1)Nc1cccc(-n2cnnn2)c1. The molecule has 2 N–H and O–H groups in total. The van der Waals surface area contributed by atoms with Gasteiger partial charge < -0.3 is 10.4 Å². The maximum absolute atomic E-state index is 13.2. The van der Waals surface area contributed by atoms with Crippen LogP contribution < -0.4 is 5.32 Å². The number of aromatic nitrogens is 4. The van der Waals surface area contributed by atoms with E-state index in [1.165, 1.54) is 29.2 Å². The molecular formula is C16H14FN5O2. The van der Waals surface area contributed by atoms with Gasteiger partial charge in [0.15, 0.2) is 0 Å². The fraction of sp³-hybridized carbons (Fsp3) is 0.125. The second-order valence-electron chi connectivity index (χ2n) is 5.13. The van der Waals surface area contributed by atoms with Crippen LogP contribution in [0.4, 0.5) is 10.1 Å². The highest BCUT2D eigenvalue weighted by atomic mass is 19.1. The molecule has 1 heterocycles. The Bertz CT molecular complexity index is 838. The molecule has 2 aromatic carbocycles. The molecule has 0 bridgehead atoms. The van der Waals surface area contributed by atoms with E-state index in [1.54, 1.807) is 30.3 Å². The number of carbonyl (C=O) groups is 1. The van der Waals surface area contributed by atoms with Gasteiger partial charge in [-0.15, -0.1) is 5.10 Å². The van der Waals surface area contributed by atoms with Crippen molar-refractivity contribution < 1.29 is 14.3 Å². The van der Waals surface area contributed by atoms with Crippen molar-refractivity contribution in [2.24, 2.45) is 0 Å². The smallest absolute Gasteiger partial charge is 0.227 e. The molecule has 7 nitrogen and oxygen atoms in total. The van der Waals surface area contributed by atoms with Crippen LogP contribution in [0.15, 0.2) is 54.9 Å². The third kappa shape index (κ3) is 3.79. The third-order valence-electron chi connectivity index (χ3n) is 3.36. The second kappa shape index (κ2) is 6.97. The number of halogens is 1. The van der Waals surface area contributed by atoms with E-state index in [4.69, 9.17) is 0 Å². The standard InChI is InChI=1S/C16H14FN5O2/c17-12-4-1-3-11(7-12)15(23)9-16(24)19-13-5-2-6-14(8-13)22-10-18-20-21-22/h1-8,10,15,23H,9H2,(H,19,24). The van der Waals surface area contributed by atoms with E-state index < -0.39 is 11.9 Å². The van der Waals surface area contributed by atoms with Gasteiger partial charge in [-0.1, -0.05) is 18.2 Å². The van der Waals surface area contributed by atoms with Gasteiger partial charge in [0, 0.05) is 5.69 Å². The number of rotatable bonds is 5. The second-order valence-corrected chi connectivity index (χ2v) is 5.13. The average Bonchev–Trinajstić information content (AvgIpc) is 3.09. The first-order valence-electron chi connectivity index (χ1n) is 7.18. The lowest BCUT2D eigenvalue weighted by molar-refractivity contribution is -0.118. The van der Waals surface area contributed by atoms with Gasteiger partial charge in [-0.05, 0) is 46.3 Å². The zero-order chi connectivity index (χ0) is 16.9. The summed E-state index contributed by atoms with van der Waals surface area (Å²) in [5.74, 6) is -0.846. The highest BCUT2D eigenvalue weighted by Gasteiger charge is 2.14. The molecule has 3 aromatic rings. The van der Waals surface area contributed by atoms with Crippen LogP contribution in [0.25, 0.3) is 5.69 Å². The zero-order valence-corrected chi connectivity index (χ0v) is 12.5. The van der Waals surface area contributed by atoms with Crippen molar-refractivity contribution in [3.8, 4) is 5.69 Å². The summed E-state index contributed by atoms with van der Waals surface area (Å²) < 4.78 is 14.6. The van der Waals surface area contributed by atoms with Crippen molar-refractivity contribution in [3.05, 3.63) is 66.2 Å². The number of nitrogens with zero attached hydrogens (tertiary/aromatic N) is 4. The molecule has 8 heteroatoms. The van der Waals surface area contributed by atoms with Crippen molar-refractivity contribution in [2.75, 3.05) is 5.32 Å². The molecule has 122 valence electrons. The molecule has 24 heavy (non-hydrogen) atoms. The van der Waals surface area contributed by atoms with Crippen LogP contribution in [0.1, 0.15) is 18.1 Å². The van der Waals surface area contributed by atoms with Crippen molar-refractivity contribution >= 4 is 11.6 Å². The Morgan fingerprint density at radius 1 is 1.25 bits per heavy atom. The molecule has 1 unspecified atom stereocenters. The van der Waals surface area contributed by atoms with E-state index in [1.807, 2.05) is 0 Å². The monoisotopic (exact) mass is 327 g/mol. The van der Waals surface area contributed by atoms with Crippen LogP contribution in [0.3, 0.4) is 0 Å². The van der Waals surface area contributed by atoms with Crippen LogP contribution in [-0.4, -0.2) is 31.2 Å². The number of amides is 1. The summed E-state index contributed by atoms with van der Waals surface area (Å²) >= 11 is 0. The summed E-state index contributed by atoms with van der Waals surface area (Å²) in [6.07, 6.45) is 0.177. The Morgan fingerprint density at radius 3 is 2.83 bits per heavy atom. The van der Waals surface area contributed by atoms with E-state index in [9.17, 15) is 14.3 Å². The summed E-state index contributed by atoms with van der Waals surface area (Å²) in [5.41, 5.74) is 1.58. The van der Waals surface area contributed by atoms with Gasteiger partial charge in [-0.2, -0.15) is 0 Å². The first-order chi connectivity index (χ1) is 11.6. The summed E-state index contributed by atoms with van der Waals surface area (Å²) in [6, 6.07) is 12.5. The van der Waals surface area contributed by atoms with Gasteiger partial charge in [0.1, 0.15) is 12.1 Å². The third-order valence-corrected chi connectivity index (χ3v) is 3.36. The van der Waals surface area contributed by atoms with Crippen molar-refractivity contribution in [1.29, 1.82) is 0 Å². The van der Waals surface area contributed by atoms with Crippen molar-refractivity contribution in [2.45, 2.75) is 12.5 Å². The van der Waals surface area contributed by atoms with Crippen LogP contribution in [-0.2, 0) is 4.79 Å². The number of aliphatic hydroxyl groups excluding tert-OH is 1. The summed E-state index contributed by atoms with van der Waals surface area (Å²) in [7, 11) is 0. The maximum atomic E-state index is 13.2. The number of hydrogen-bond donors (Lipinski definition) is 2.